The van der Waals surface area contributed by atoms with Gasteiger partial charge in [-0.05, 0) is 24.6 Å². The van der Waals surface area contributed by atoms with Crippen LogP contribution in [0.1, 0.15) is 5.56 Å². The summed E-state index contributed by atoms with van der Waals surface area (Å²) in [7, 11) is 0. The number of hydrogen-bond acceptors (Lipinski definition) is 2. The van der Waals surface area contributed by atoms with E-state index in [1.165, 1.54) is 0 Å². The fourth-order valence-electron chi connectivity index (χ4n) is 2.82. The summed E-state index contributed by atoms with van der Waals surface area (Å²) >= 11 is 6.33. The molecule has 0 unspecified atom stereocenters. The van der Waals surface area contributed by atoms with Crippen LogP contribution in [0.2, 0.25) is 5.02 Å². The van der Waals surface area contributed by atoms with Crippen LogP contribution in [-0.4, -0.2) is 9.97 Å². The van der Waals surface area contributed by atoms with Crippen LogP contribution in [0.5, 0.6) is 0 Å². The maximum Gasteiger partial charge on any atom is 0.160 e. The molecule has 0 aliphatic carbocycles. The van der Waals surface area contributed by atoms with E-state index in [9.17, 15) is 0 Å². The van der Waals surface area contributed by atoms with Crippen molar-refractivity contribution in [1.29, 1.82) is 0 Å². The molecule has 0 bridgehead atoms. The van der Waals surface area contributed by atoms with Gasteiger partial charge in [-0.1, -0.05) is 84.4 Å². The van der Waals surface area contributed by atoms with Gasteiger partial charge in [0.15, 0.2) is 5.82 Å². The molecule has 0 aliphatic heterocycles. The maximum atomic E-state index is 6.33. The lowest BCUT2D eigenvalue weighted by molar-refractivity contribution is 1.18. The molecule has 0 fully saturated rings. The molecule has 126 valence electrons. The minimum absolute atomic E-state index is 0.707. The van der Waals surface area contributed by atoms with E-state index < -0.39 is 0 Å². The molecular formula is C23H17ClN2. The van der Waals surface area contributed by atoms with Crippen LogP contribution in [0.25, 0.3) is 33.9 Å². The summed E-state index contributed by atoms with van der Waals surface area (Å²) in [4.78, 5) is 9.60. The van der Waals surface area contributed by atoms with Gasteiger partial charge in [-0.25, -0.2) is 9.97 Å². The van der Waals surface area contributed by atoms with Gasteiger partial charge in [0.25, 0.3) is 0 Å². The van der Waals surface area contributed by atoms with Crippen LogP contribution in [0, 0.1) is 6.92 Å². The summed E-state index contributed by atoms with van der Waals surface area (Å²) in [6.07, 6.45) is 0. The molecule has 0 aliphatic rings. The number of hydrogen-bond donors (Lipinski definition) is 0. The van der Waals surface area contributed by atoms with Crippen LogP contribution in [0.15, 0.2) is 84.9 Å². The van der Waals surface area contributed by atoms with Crippen LogP contribution < -0.4 is 0 Å². The van der Waals surface area contributed by atoms with Crippen molar-refractivity contribution in [3.8, 4) is 33.9 Å². The van der Waals surface area contributed by atoms with E-state index in [0.29, 0.717) is 5.82 Å². The molecule has 0 amide bonds. The Hall–Kier alpha value is -2.97. The van der Waals surface area contributed by atoms with E-state index in [2.05, 4.69) is 12.1 Å². The highest BCUT2D eigenvalue weighted by atomic mass is 35.5. The topological polar surface area (TPSA) is 25.8 Å². The van der Waals surface area contributed by atoms with Crippen molar-refractivity contribution >= 4 is 11.6 Å². The highest BCUT2D eigenvalue weighted by molar-refractivity contribution is 6.31. The van der Waals surface area contributed by atoms with E-state index in [1.807, 2.05) is 79.7 Å². The van der Waals surface area contributed by atoms with Crippen LogP contribution in [0.3, 0.4) is 0 Å². The number of benzene rings is 3. The smallest absolute Gasteiger partial charge is 0.160 e. The summed E-state index contributed by atoms with van der Waals surface area (Å²) in [6.45, 7) is 2.00. The van der Waals surface area contributed by atoms with Crippen molar-refractivity contribution in [3.05, 3.63) is 95.5 Å². The molecule has 0 spiro atoms. The lowest BCUT2D eigenvalue weighted by atomic mass is 10.1. The Morgan fingerprint density at radius 1 is 0.615 bits per heavy atom. The highest BCUT2D eigenvalue weighted by Crippen LogP contribution is 2.29. The first-order chi connectivity index (χ1) is 12.7. The molecule has 3 aromatic carbocycles. The van der Waals surface area contributed by atoms with Crippen molar-refractivity contribution < 1.29 is 0 Å². The number of aromatic nitrogens is 2. The van der Waals surface area contributed by atoms with Crippen molar-refractivity contribution in [1.82, 2.24) is 9.97 Å². The Morgan fingerprint density at radius 2 is 1.19 bits per heavy atom. The molecule has 1 heterocycles. The zero-order chi connectivity index (χ0) is 17.9. The average Bonchev–Trinajstić information content (AvgIpc) is 2.71. The van der Waals surface area contributed by atoms with E-state index >= 15 is 0 Å². The Bertz CT molecular complexity index is 987. The van der Waals surface area contributed by atoms with Crippen LogP contribution >= 0.6 is 11.6 Å². The van der Waals surface area contributed by atoms with Crippen molar-refractivity contribution in [2.24, 2.45) is 0 Å². The Kier molecular flexibility index (Phi) is 4.51. The largest absolute Gasteiger partial charge is 0.228 e. The molecular weight excluding hydrogens is 340 g/mol. The third kappa shape index (κ3) is 3.37. The maximum absolute atomic E-state index is 6.33. The SMILES string of the molecule is Cc1ccc(-c2cc(-c3ccccc3)nc(-c3ccccc3)n2)cc1Cl. The Labute approximate surface area is 158 Å². The van der Waals surface area contributed by atoms with E-state index in [-0.39, 0.29) is 0 Å². The fraction of sp³-hybridized carbons (Fsp3) is 0.0435. The number of halogens is 1. The number of aryl methyl sites for hydroxylation is 1. The Balaban J connectivity index is 1.92. The van der Waals surface area contributed by atoms with Crippen molar-refractivity contribution in [2.75, 3.05) is 0 Å². The molecule has 0 atom stereocenters. The van der Waals surface area contributed by atoms with Gasteiger partial charge in [-0.15, -0.1) is 0 Å². The van der Waals surface area contributed by atoms with Gasteiger partial charge < -0.3 is 0 Å². The first kappa shape index (κ1) is 16.5. The predicted octanol–water partition coefficient (Wildman–Crippen LogP) is 6.44. The first-order valence-electron chi connectivity index (χ1n) is 8.47. The van der Waals surface area contributed by atoms with Gasteiger partial charge in [0, 0.05) is 21.7 Å². The van der Waals surface area contributed by atoms with Gasteiger partial charge in [-0.3, -0.25) is 0 Å². The molecule has 4 rings (SSSR count). The molecule has 0 N–H and O–H groups in total. The zero-order valence-electron chi connectivity index (χ0n) is 14.4. The predicted molar refractivity (Wildman–Crippen MR) is 108 cm³/mol. The molecule has 0 saturated carbocycles. The third-order valence-corrected chi connectivity index (χ3v) is 4.70. The molecule has 26 heavy (non-hydrogen) atoms. The standard InChI is InChI=1S/C23H17ClN2/c1-16-12-13-19(14-20(16)24)22-15-21(17-8-4-2-5-9-17)25-23(26-22)18-10-6-3-7-11-18/h2-15H,1H3. The zero-order valence-corrected chi connectivity index (χ0v) is 15.1. The highest BCUT2D eigenvalue weighted by Gasteiger charge is 2.11. The van der Waals surface area contributed by atoms with Crippen molar-refractivity contribution in [2.45, 2.75) is 6.92 Å². The second kappa shape index (κ2) is 7.11. The third-order valence-electron chi connectivity index (χ3n) is 4.30. The van der Waals surface area contributed by atoms with Crippen LogP contribution in [-0.2, 0) is 0 Å². The van der Waals surface area contributed by atoms with E-state index in [1.54, 1.807) is 0 Å². The molecule has 3 heteroatoms. The lowest BCUT2D eigenvalue weighted by Crippen LogP contribution is -1.96. The van der Waals surface area contributed by atoms with Gasteiger partial charge in [0.2, 0.25) is 0 Å². The summed E-state index contributed by atoms with van der Waals surface area (Å²) in [5, 5.41) is 0.739. The second-order valence-corrected chi connectivity index (χ2v) is 6.57. The minimum Gasteiger partial charge on any atom is -0.228 e. The fourth-order valence-corrected chi connectivity index (χ4v) is 3.00. The minimum atomic E-state index is 0.707. The van der Waals surface area contributed by atoms with Gasteiger partial charge in [0.05, 0.1) is 11.4 Å². The van der Waals surface area contributed by atoms with E-state index in [0.717, 1.165) is 38.7 Å². The number of nitrogens with zero attached hydrogens (tertiary/aromatic N) is 2. The lowest BCUT2D eigenvalue weighted by Gasteiger charge is -2.10. The average molecular weight is 357 g/mol. The molecule has 2 nitrogen and oxygen atoms in total. The molecule has 1 aromatic heterocycles. The van der Waals surface area contributed by atoms with E-state index in [4.69, 9.17) is 21.6 Å². The Morgan fingerprint density at radius 3 is 1.81 bits per heavy atom. The normalized spacial score (nSPS) is 10.7. The van der Waals surface area contributed by atoms with Gasteiger partial charge in [-0.2, -0.15) is 0 Å². The first-order valence-corrected chi connectivity index (χ1v) is 8.85. The molecule has 0 saturated heterocycles. The van der Waals surface area contributed by atoms with Crippen LogP contribution in [0.4, 0.5) is 0 Å². The monoisotopic (exact) mass is 356 g/mol. The summed E-state index contributed by atoms with van der Waals surface area (Å²) in [5.41, 5.74) is 5.84. The molecule has 4 aromatic rings. The van der Waals surface area contributed by atoms with Gasteiger partial charge in [0.1, 0.15) is 0 Å². The summed E-state index contributed by atoms with van der Waals surface area (Å²) < 4.78 is 0. The summed E-state index contributed by atoms with van der Waals surface area (Å²) in [5.74, 6) is 0.707. The van der Waals surface area contributed by atoms with Gasteiger partial charge >= 0.3 is 0 Å². The quantitative estimate of drug-likeness (QED) is 0.422. The summed E-state index contributed by atoms with van der Waals surface area (Å²) in [6, 6.07) is 28.2. The van der Waals surface area contributed by atoms with Crippen molar-refractivity contribution in [3.63, 3.8) is 0 Å². The second-order valence-electron chi connectivity index (χ2n) is 6.16. The molecule has 0 radical (unpaired) electrons. The number of rotatable bonds is 3.